The van der Waals surface area contributed by atoms with Gasteiger partial charge >= 0.3 is 5.97 Å². The summed E-state index contributed by atoms with van der Waals surface area (Å²) in [6.45, 7) is 2.17. The normalized spacial score (nSPS) is 11.3. The zero-order chi connectivity index (χ0) is 20.2. The Hall–Kier alpha value is -3.59. The highest BCUT2D eigenvalue weighted by molar-refractivity contribution is 5.91. The van der Waals surface area contributed by atoms with Crippen LogP contribution in [-0.2, 0) is 17.6 Å². The second-order valence-electron chi connectivity index (χ2n) is 7.17. The molecule has 3 aromatic carbocycles. The number of aromatic nitrogens is 1. The average Bonchev–Trinajstić information content (AvgIpc) is 3.02. The minimum Gasteiger partial charge on any atom is -0.478 e. The lowest BCUT2D eigenvalue weighted by atomic mass is 10.0. The highest BCUT2D eigenvalue weighted by Crippen LogP contribution is 2.31. The van der Waals surface area contributed by atoms with Crippen LogP contribution >= 0.6 is 0 Å². The van der Waals surface area contributed by atoms with Crippen molar-refractivity contribution in [1.29, 1.82) is 0 Å². The van der Waals surface area contributed by atoms with E-state index >= 15 is 0 Å². The number of nitrogens with zero attached hydrogens (tertiary/aromatic N) is 1. The Morgan fingerprint density at radius 1 is 0.931 bits per heavy atom. The molecule has 3 nitrogen and oxygen atoms in total. The summed E-state index contributed by atoms with van der Waals surface area (Å²) < 4.78 is 2.29. The Balaban J connectivity index is 1.83. The first-order chi connectivity index (χ1) is 14.1. The number of para-hydroxylation sites is 1. The summed E-state index contributed by atoms with van der Waals surface area (Å²) in [6.07, 6.45) is 4.73. The molecule has 0 spiro atoms. The van der Waals surface area contributed by atoms with E-state index in [0.717, 1.165) is 29.6 Å². The topological polar surface area (TPSA) is 42.2 Å². The molecule has 0 saturated heterocycles. The number of carboxylic acid groups (broad SMARTS) is 1. The molecule has 0 aliphatic carbocycles. The second-order valence-corrected chi connectivity index (χ2v) is 7.17. The maximum atomic E-state index is 10.9. The SMILES string of the molecule is Cc1c(CCc2ccccc2)c2cc(/C=C/C(=O)O)ccc2n1-c1ccccc1. The molecular weight excluding hydrogens is 358 g/mol. The Labute approximate surface area is 170 Å². The first-order valence-corrected chi connectivity index (χ1v) is 9.78. The van der Waals surface area contributed by atoms with Gasteiger partial charge < -0.3 is 9.67 Å². The van der Waals surface area contributed by atoms with E-state index in [2.05, 4.69) is 60.0 Å². The Bertz CT molecular complexity index is 1170. The lowest BCUT2D eigenvalue weighted by Gasteiger charge is -2.09. The molecule has 144 valence electrons. The summed E-state index contributed by atoms with van der Waals surface area (Å²) in [5.41, 5.74) is 7.01. The minimum absolute atomic E-state index is 0.895. The van der Waals surface area contributed by atoms with Gasteiger partial charge in [-0.15, -0.1) is 0 Å². The molecule has 0 unspecified atom stereocenters. The number of aryl methyl sites for hydroxylation is 2. The van der Waals surface area contributed by atoms with Gasteiger partial charge in [-0.3, -0.25) is 0 Å². The summed E-state index contributed by atoms with van der Waals surface area (Å²) in [6, 6.07) is 27.0. The molecule has 0 radical (unpaired) electrons. The van der Waals surface area contributed by atoms with Gasteiger partial charge in [-0.1, -0.05) is 54.6 Å². The molecule has 0 fully saturated rings. The summed E-state index contributed by atoms with van der Waals surface area (Å²) in [7, 11) is 0. The summed E-state index contributed by atoms with van der Waals surface area (Å²) in [4.78, 5) is 10.9. The zero-order valence-electron chi connectivity index (χ0n) is 16.4. The van der Waals surface area contributed by atoms with Crippen LogP contribution in [0.4, 0.5) is 0 Å². The van der Waals surface area contributed by atoms with Crippen LogP contribution in [0.25, 0.3) is 22.7 Å². The molecule has 0 amide bonds. The van der Waals surface area contributed by atoms with Crippen LogP contribution in [0.15, 0.2) is 84.9 Å². The van der Waals surface area contributed by atoms with Crippen molar-refractivity contribution in [2.24, 2.45) is 0 Å². The van der Waals surface area contributed by atoms with Crippen LogP contribution in [0.2, 0.25) is 0 Å². The largest absolute Gasteiger partial charge is 0.478 e. The molecule has 1 N–H and O–H groups in total. The van der Waals surface area contributed by atoms with E-state index < -0.39 is 5.97 Å². The predicted octanol–water partition coefficient (Wildman–Crippen LogP) is 5.82. The summed E-state index contributed by atoms with van der Waals surface area (Å²) in [5.74, 6) is -0.938. The quantitative estimate of drug-likeness (QED) is 0.428. The van der Waals surface area contributed by atoms with Crippen LogP contribution in [0.5, 0.6) is 0 Å². The van der Waals surface area contributed by atoms with Gasteiger partial charge in [0.05, 0.1) is 5.52 Å². The van der Waals surface area contributed by atoms with Gasteiger partial charge in [-0.25, -0.2) is 4.79 Å². The van der Waals surface area contributed by atoms with Gasteiger partial charge in [0.25, 0.3) is 0 Å². The predicted molar refractivity (Wildman–Crippen MR) is 119 cm³/mol. The third-order valence-electron chi connectivity index (χ3n) is 5.30. The summed E-state index contributed by atoms with van der Waals surface area (Å²) >= 11 is 0. The number of hydrogen-bond donors (Lipinski definition) is 1. The lowest BCUT2D eigenvalue weighted by Crippen LogP contribution is -1.98. The van der Waals surface area contributed by atoms with Crippen molar-refractivity contribution < 1.29 is 9.90 Å². The fourth-order valence-electron chi connectivity index (χ4n) is 3.91. The number of rotatable bonds is 6. The monoisotopic (exact) mass is 381 g/mol. The molecule has 0 bridgehead atoms. The van der Waals surface area contributed by atoms with Crippen LogP contribution in [0.1, 0.15) is 22.4 Å². The number of aliphatic carboxylic acids is 1. The van der Waals surface area contributed by atoms with Gasteiger partial charge in [0.15, 0.2) is 0 Å². The van der Waals surface area contributed by atoms with Gasteiger partial charge in [-0.2, -0.15) is 0 Å². The summed E-state index contributed by atoms with van der Waals surface area (Å²) in [5, 5.41) is 10.1. The molecular formula is C26H23NO2. The number of carboxylic acids is 1. The van der Waals surface area contributed by atoms with E-state index in [0.29, 0.717) is 0 Å². The van der Waals surface area contributed by atoms with Crippen LogP contribution in [0.3, 0.4) is 0 Å². The van der Waals surface area contributed by atoms with Crippen molar-refractivity contribution in [3.05, 3.63) is 107 Å². The molecule has 29 heavy (non-hydrogen) atoms. The van der Waals surface area contributed by atoms with Gasteiger partial charge in [0.2, 0.25) is 0 Å². The van der Waals surface area contributed by atoms with E-state index in [9.17, 15) is 4.79 Å². The number of hydrogen-bond acceptors (Lipinski definition) is 1. The highest BCUT2D eigenvalue weighted by atomic mass is 16.4. The van der Waals surface area contributed by atoms with Crippen molar-refractivity contribution in [1.82, 2.24) is 4.57 Å². The fourth-order valence-corrected chi connectivity index (χ4v) is 3.91. The van der Waals surface area contributed by atoms with E-state index in [-0.39, 0.29) is 0 Å². The fraction of sp³-hybridized carbons (Fsp3) is 0.115. The van der Waals surface area contributed by atoms with E-state index in [1.807, 2.05) is 30.3 Å². The van der Waals surface area contributed by atoms with Crippen molar-refractivity contribution in [3.63, 3.8) is 0 Å². The zero-order valence-corrected chi connectivity index (χ0v) is 16.4. The lowest BCUT2D eigenvalue weighted by molar-refractivity contribution is -0.131. The molecule has 0 aliphatic rings. The third kappa shape index (κ3) is 3.99. The van der Waals surface area contributed by atoms with E-state index in [1.165, 1.54) is 28.3 Å². The molecule has 0 atom stereocenters. The minimum atomic E-state index is -0.938. The van der Waals surface area contributed by atoms with Crippen LogP contribution < -0.4 is 0 Å². The van der Waals surface area contributed by atoms with Gasteiger partial charge in [0.1, 0.15) is 0 Å². The number of carbonyl (C=O) groups is 1. The van der Waals surface area contributed by atoms with E-state index in [4.69, 9.17) is 5.11 Å². The second kappa shape index (κ2) is 8.19. The molecule has 4 aromatic rings. The van der Waals surface area contributed by atoms with Crippen molar-refractivity contribution in [2.75, 3.05) is 0 Å². The van der Waals surface area contributed by atoms with E-state index in [1.54, 1.807) is 6.08 Å². The van der Waals surface area contributed by atoms with Crippen molar-refractivity contribution in [2.45, 2.75) is 19.8 Å². The highest BCUT2D eigenvalue weighted by Gasteiger charge is 2.15. The average molecular weight is 381 g/mol. The maximum absolute atomic E-state index is 10.9. The Morgan fingerprint density at radius 3 is 2.31 bits per heavy atom. The smallest absolute Gasteiger partial charge is 0.328 e. The standard InChI is InChI=1S/C26H23NO2/c1-19-23(15-12-20-8-4-2-5-9-20)24-18-21(14-17-26(28)29)13-16-25(24)27(19)22-10-6-3-7-11-22/h2-11,13-14,16-18H,12,15H2,1H3,(H,28,29)/b17-14+. The van der Waals surface area contributed by atoms with Crippen LogP contribution in [0, 0.1) is 6.92 Å². The maximum Gasteiger partial charge on any atom is 0.328 e. The molecule has 3 heteroatoms. The third-order valence-corrected chi connectivity index (χ3v) is 5.30. The Morgan fingerprint density at radius 2 is 1.62 bits per heavy atom. The molecule has 0 aliphatic heterocycles. The molecule has 0 saturated carbocycles. The van der Waals surface area contributed by atoms with Crippen LogP contribution in [-0.4, -0.2) is 15.6 Å². The first-order valence-electron chi connectivity index (χ1n) is 9.78. The Kier molecular flexibility index (Phi) is 5.30. The number of benzene rings is 3. The van der Waals surface area contributed by atoms with Crippen molar-refractivity contribution in [3.8, 4) is 5.69 Å². The van der Waals surface area contributed by atoms with Crippen molar-refractivity contribution >= 4 is 22.9 Å². The number of fused-ring (bicyclic) bond motifs is 1. The molecule has 1 heterocycles. The molecule has 4 rings (SSSR count). The van der Waals surface area contributed by atoms with Gasteiger partial charge in [-0.05, 0) is 66.8 Å². The molecule has 1 aromatic heterocycles. The van der Waals surface area contributed by atoms with Gasteiger partial charge in [0, 0.05) is 22.8 Å². The first kappa shape index (κ1) is 18.8.